The first kappa shape index (κ1) is 18.0. The average molecular weight is 395 g/mol. The maximum Gasteiger partial charge on any atom is 0.323 e. The summed E-state index contributed by atoms with van der Waals surface area (Å²) in [6.45, 7) is 1.80. The molecule has 0 aliphatic heterocycles. The van der Waals surface area contributed by atoms with Gasteiger partial charge >= 0.3 is 5.69 Å². The number of fused-ring (bicyclic) bond motifs is 1. The molecule has 1 atom stereocenters. The van der Waals surface area contributed by atoms with Crippen LogP contribution in [-0.2, 0) is 11.8 Å². The van der Waals surface area contributed by atoms with Gasteiger partial charge in [0.15, 0.2) is 11.0 Å². The molecule has 0 aliphatic carbocycles. The number of anilines is 1. The van der Waals surface area contributed by atoms with Gasteiger partial charge in [-0.15, -0.1) is 10.2 Å². The van der Waals surface area contributed by atoms with Crippen LogP contribution in [0.2, 0.25) is 0 Å². The fourth-order valence-corrected chi connectivity index (χ4v) is 3.55. The summed E-state index contributed by atoms with van der Waals surface area (Å²) in [5, 5.41) is 11.5. The number of amides is 1. The Balaban J connectivity index is 1.47. The highest BCUT2D eigenvalue weighted by molar-refractivity contribution is 8.00. The highest BCUT2D eigenvalue weighted by atomic mass is 32.2. The lowest BCUT2D eigenvalue weighted by Crippen LogP contribution is -2.22. The molecule has 0 bridgehead atoms. The molecular weight excluding hydrogens is 378 g/mol. The summed E-state index contributed by atoms with van der Waals surface area (Å²) in [6.07, 6.45) is 3.39. The monoisotopic (exact) mass is 395 g/mol. The molecule has 3 N–H and O–H groups in total. The zero-order valence-electron chi connectivity index (χ0n) is 15.1. The SMILES string of the molecule is C[C@H](Sc1nnc(-c2ccncc2)n1C)C(=O)Nc1ccc2[nH]c(=O)[nH]c2c1. The molecule has 1 amide bonds. The quantitative estimate of drug-likeness (QED) is 0.445. The number of hydrogen-bond acceptors (Lipinski definition) is 6. The largest absolute Gasteiger partial charge is 0.325 e. The van der Waals surface area contributed by atoms with E-state index in [-0.39, 0.29) is 11.6 Å². The van der Waals surface area contributed by atoms with Gasteiger partial charge in [0.25, 0.3) is 0 Å². The molecule has 0 spiro atoms. The zero-order valence-corrected chi connectivity index (χ0v) is 15.9. The Hall–Kier alpha value is -3.40. The fraction of sp³-hybridized carbons (Fsp3) is 0.167. The van der Waals surface area contributed by atoms with Gasteiger partial charge in [0, 0.05) is 30.7 Å². The van der Waals surface area contributed by atoms with Gasteiger partial charge in [-0.05, 0) is 37.3 Å². The molecule has 4 aromatic rings. The second-order valence-corrected chi connectivity index (χ2v) is 7.50. The van der Waals surface area contributed by atoms with Crippen LogP contribution in [0.25, 0.3) is 22.4 Å². The summed E-state index contributed by atoms with van der Waals surface area (Å²) >= 11 is 1.32. The lowest BCUT2D eigenvalue weighted by Gasteiger charge is -2.11. The minimum Gasteiger partial charge on any atom is -0.325 e. The number of imidazole rings is 1. The number of benzene rings is 1. The molecule has 0 unspecified atom stereocenters. The average Bonchev–Trinajstić information content (AvgIpc) is 3.24. The van der Waals surface area contributed by atoms with Gasteiger partial charge in [-0.1, -0.05) is 11.8 Å². The van der Waals surface area contributed by atoms with Crippen molar-refractivity contribution in [3.63, 3.8) is 0 Å². The van der Waals surface area contributed by atoms with Crippen LogP contribution in [0.4, 0.5) is 5.69 Å². The van der Waals surface area contributed by atoms with E-state index in [4.69, 9.17) is 0 Å². The third kappa shape index (κ3) is 3.54. The summed E-state index contributed by atoms with van der Waals surface area (Å²) in [4.78, 5) is 33.3. The van der Waals surface area contributed by atoms with Crippen molar-refractivity contribution in [2.24, 2.45) is 7.05 Å². The molecular formula is C18H17N7O2S. The molecule has 3 aromatic heterocycles. The molecule has 0 aliphatic rings. The number of nitrogens with zero attached hydrogens (tertiary/aromatic N) is 4. The lowest BCUT2D eigenvalue weighted by atomic mass is 10.2. The van der Waals surface area contributed by atoms with E-state index in [0.29, 0.717) is 27.7 Å². The Morgan fingerprint density at radius 1 is 1.14 bits per heavy atom. The number of hydrogen-bond donors (Lipinski definition) is 3. The summed E-state index contributed by atoms with van der Waals surface area (Å²) in [7, 11) is 1.86. The third-order valence-electron chi connectivity index (χ3n) is 4.21. The van der Waals surface area contributed by atoms with Crippen LogP contribution in [0.15, 0.2) is 52.7 Å². The van der Waals surface area contributed by atoms with Crippen LogP contribution < -0.4 is 11.0 Å². The first-order valence-corrected chi connectivity index (χ1v) is 9.38. The molecule has 1 aromatic carbocycles. The van der Waals surface area contributed by atoms with Crippen molar-refractivity contribution in [2.45, 2.75) is 17.3 Å². The first-order valence-electron chi connectivity index (χ1n) is 8.50. The van der Waals surface area contributed by atoms with Gasteiger partial charge in [-0.3, -0.25) is 9.78 Å². The van der Waals surface area contributed by atoms with E-state index in [2.05, 4.69) is 30.5 Å². The van der Waals surface area contributed by atoms with E-state index in [1.54, 1.807) is 37.5 Å². The number of aromatic amines is 2. The highest BCUT2D eigenvalue weighted by Gasteiger charge is 2.19. The predicted octanol–water partition coefficient (Wildman–Crippen LogP) is 2.17. The van der Waals surface area contributed by atoms with Crippen LogP contribution in [0, 0.1) is 0 Å². The number of rotatable bonds is 5. The molecule has 0 radical (unpaired) electrons. The van der Waals surface area contributed by atoms with Crippen molar-refractivity contribution in [1.29, 1.82) is 0 Å². The van der Waals surface area contributed by atoms with Gasteiger partial charge in [-0.25, -0.2) is 4.79 Å². The number of carbonyl (C=O) groups excluding carboxylic acids is 1. The van der Waals surface area contributed by atoms with Crippen LogP contribution in [0.1, 0.15) is 6.92 Å². The minimum absolute atomic E-state index is 0.171. The van der Waals surface area contributed by atoms with Crippen LogP contribution in [0.3, 0.4) is 0 Å². The number of carbonyl (C=O) groups is 1. The summed E-state index contributed by atoms with van der Waals surface area (Å²) < 4.78 is 1.85. The van der Waals surface area contributed by atoms with Crippen LogP contribution in [0.5, 0.6) is 0 Å². The van der Waals surface area contributed by atoms with Crippen LogP contribution >= 0.6 is 11.8 Å². The van der Waals surface area contributed by atoms with Gasteiger partial charge in [-0.2, -0.15) is 0 Å². The lowest BCUT2D eigenvalue weighted by molar-refractivity contribution is -0.115. The normalized spacial score (nSPS) is 12.2. The van der Waals surface area contributed by atoms with Crippen LogP contribution in [-0.4, -0.2) is 40.9 Å². The van der Waals surface area contributed by atoms with E-state index in [1.165, 1.54) is 11.8 Å². The standard InChI is InChI=1S/C18H17N7O2S/c1-10(16(26)20-12-3-4-13-14(9-12)22-17(27)21-13)28-18-24-23-15(25(18)2)11-5-7-19-8-6-11/h3-10H,1-2H3,(H,20,26)(H2,21,22,27)/t10-/m0/s1. The Morgan fingerprint density at radius 2 is 1.89 bits per heavy atom. The first-order chi connectivity index (χ1) is 13.5. The number of aromatic nitrogens is 6. The number of H-pyrrole nitrogens is 2. The molecule has 0 saturated heterocycles. The van der Waals surface area contributed by atoms with E-state index in [0.717, 1.165) is 5.56 Å². The van der Waals surface area contributed by atoms with E-state index in [9.17, 15) is 9.59 Å². The molecule has 0 fully saturated rings. The molecule has 4 rings (SSSR count). The van der Waals surface area contributed by atoms with E-state index >= 15 is 0 Å². The van der Waals surface area contributed by atoms with Crippen molar-refractivity contribution in [2.75, 3.05) is 5.32 Å². The second kappa shape index (κ2) is 7.31. The Labute approximate surface area is 163 Å². The fourth-order valence-electron chi connectivity index (χ4n) is 2.74. The number of pyridine rings is 1. The van der Waals surface area contributed by atoms with Gasteiger partial charge in [0.05, 0.1) is 16.3 Å². The maximum atomic E-state index is 12.6. The predicted molar refractivity (Wildman–Crippen MR) is 107 cm³/mol. The van der Waals surface area contributed by atoms with Crippen molar-refractivity contribution in [3.05, 3.63) is 53.2 Å². The summed E-state index contributed by atoms with van der Waals surface area (Å²) in [5.41, 5.74) is 2.56. The minimum atomic E-state index is -0.394. The number of nitrogens with one attached hydrogen (secondary N) is 3. The maximum absolute atomic E-state index is 12.6. The van der Waals surface area contributed by atoms with E-state index < -0.39 is 5.25 Å². The molecule has 142 valence electrons. The smallest absolute Gasteiger partial charge is 0.323 e. The molecule has 3 heterocycles. The topological polar surface area (TPSA) is 121 Å². The van der Waals surface area contributed by atoms with Crippen molar-refractivity contribution in [3.8, 4) is 11.4 Å². The van der Waals surface area contributed by atoms with Gasteiger partial charge in [0.1, 0.15) is 0 Å². The Morgan fingerprint density at radius 3 is 2.68 bits per heavy atom. The van der Waals surface area contributed by atoms with E-state index in [1.807, 2.05) is 23.7 Å². The molecule has 28 heavy (non-hydrogen) atoms. The zero-order chi connectivity index (χ0) is 19.7. The Kier molecular flexibility index (Phi) is 4.70. The van der Waals surface area contributed by atoms with Gasteiger partial charge in [0.2, 0.25) is 5.91 Å². The van der Waals surface area contributed by atoms with Crippen molar-refractivity contribution >= 4 is 34.4 Å². The molecule has 10 heteroatoms. The van der Waals surface area contributed by atoms with Crippen molar-refractivity contribution < 1.29 is 4.79 Å². The molecule has 9 nitrogen and oxygen atoms in total. The summed E-state index contributed by atoms with van der Waals surface area (Å²) in [6, 6.07) is 8.91. The molecule has 0 saturated carbocycles. The second-order valence-electron chi connectivity index (χ2n) is 6.19. The van der Waals surface area contributed by atoms with Gasteiger partial charge < -0.3 is 19.9 Å². The third-order valence-corrected chi connectivity index (χ3v) is 5.34. The van der Waals surface area contributed by atoms with Crippen molar-refractivity contribution in [1.82, 2.24) is 29.7 Å². The Bertz CT molecular complexity index is 1200. The highest BCUT2D eigenvalue weighted by Crippen LogP contribution is 2.26. The summed E-state index contributed by atoms with van der Waals surface area (Å²) in [5.74, 6) is 0.537. The number of thioether (sulfide) groups is 1.